The second-order valence-electron chi connectivity index (χ2n) is 2.48. The first-order chi connectivity index (χ1) is 7.24. The van der Waals surface area contributed by atoms with E-state index in [-0.39, 0.29) is 11.8 Å². The zero-order valence-corrected chi connectivity index (χ0v) is 8.86. The lowest BCUT2D eigenvalue weighted by Gasteiger charge is -2.00. The molecule has 1 aromatic rings. The second kappa shape index (κ2) is 5.98. The smallest absolute Gasteiger partial charge is 0.370 e. The van der Waals surface area contributed by atoms with E-state index in [1.165, 1.54) is 0 Å². The first-order valence-electron chi connectivity index (χ1n) is 4.30. The van der Waals surface area contributed by atoms with Crippen LogP contribution in [-0.4, -0.2) is 22.7 Å². The van der Waals surface area contributed by atoms with Crippen LogP contribution < -0.4 is 5.43 Å². The number of nitrogens with one attached hydrogen (secondary N) is 1. The third-order valence-corrected chi connectivity index (χ3v) is 1.63. The average molecular weight is 228 g/mol. The van der Waals surface area contributed by atoms with E-state index in [0.29, 0.717) is 5.69 Å². The van der Waals surface area contributed by atoms with Gasteiger partial charge in [0.2, 0.25) is 5.17 Å². The number of rotatable bonds is 4. The number of hydrazone groups is 1. The molecule has 0 bridgehead atoms. The molecule has 6 heteroatoms. The van der Waals surface area contributed by atoms with E-state index in [1.807, 2.05) is 0 Å². The number of aromatic nitrogens is 1. The number of halogens is 1. The van der Waals surface area contributed by atoms with E-state index in [0.717, 1.165) is 0 Å². The first kappa shape index (κ1) is 11.5. The lowest BCUT2D eigenvalue weighted by Crippen LogP contribution is -2.13. The number of ether oxygens (including phenoxy) is 1. The zero-order chi connectivity index (χ0) is 11.1. The van der Waals surface area contributed by atoms with E-state index >= 15 is 0 Å². The molecule has 0 spiro atoms. The summed E-state index contributed by atoms with van der Waals surface area (Å²) in [5.74, 6) is -0.657. The van der Waals surface area contributed by atoms with Crippen molar-refractivity contribution in [2.45, 2.75) is 6.92 Å². The van der Waals surface area contributed by atoms with Crippen LogP contribution in [-0.2, 0) is 9.53 Å². The summed E-state index contributed by atoms with van der Waals surface area (Å²) < 4.78 is 4.63. The Hall–Kier alpha value is -1.62. The number of pyridine rings is 1. The van der Waals surface area contributed by atoms with Crippen molar-refractivity contribution in [1.29, 1.82) is 0 Å². The van der Waals surface area contributed by atoms with Gasteiger partial charge in [0.25, 0.3) is 0 Å². The predicted octanol–water partition coefficient (Wildman–Crippen LogP) is 1.61. The molecule has 0 atom stereocenters. The number of anilines is 1. The number of hydrogen-bond acceptors (Lipinski definition) is 5. The quantitative estimate of drug-likeness (QED) is 0.482. The molecule has 1 heterocycles. The summed E-state index contributed by atoms with van der Waals surface area (Å²) >= 11 is 5.55. The summed E-state index contributed by atoms with van der Waals surface area (Å²) in [6, 6.07) is 3.47. The number of esters is 1. The maximum Gasteiger partial charge on any atom is 0.370 e. The molecular weight excluding hydrogens is 218 g/mol. The highest BCUT2D eigenvalue weighted by molar-refractivity contribution is 6.82. The Morgan fingerprint density at radius 3 is 3.13 bits per heavy atom. The molecule has 0 aliphatic heterocycles. The van der Waals surface area contributed by atoms with Gasteiger partial charge in [-0.1, -0.05) is 11.6 Å². The SMILES string of the molecule is CCOC(=O)/C(Cl)=N/Nc1cccnc1. The highest BCUT2D eigenvalue weighted by atomic mass is 35.5. The minimum absolute atomic E-state index is 0.249. The van der Waals surface area contributed by atoms with Crippen LogP contribution in [0.25, 0.3) is 0 Å². The molecule has 0 fully saturated rings. The third-order valence-electron chi connectivity index (χ3n) is 1.39. The van der Waals surface area contributed by atoms with Gasteiger partial charge in [-0.05, 0) is 19.1 Å². The second-order valence-corrected chi connectivity index (χ2v) is 2.83. The molecule has 0 aliphatic carbocycles. The molecule has 80 valence electrons. The van der Waals surface area contributed by atoms with E-state index < -0.39 is 5.97 Å². The number of carbonyl (C=O) groups excluding carboxylic acids is 1. The minimum Gasteiger partial charge on any atom is -0.461 e. The van der Waals surface area contributed by atoms with Crippen LogP contribution in [0.5, 0.6) is 0 Å². The molecule has 0 aromatic carbocycles. The van der Waals surface area contributed by atoms with Crippen molar-refractivity contribution in [3.63, 3.8) is 0 Å². The molecule has 0 saturated heterocycles. The van der Waals surface area contributed by atoms with Gasteiger partial charge in [0.15, 0.2) is 0 Å². The van der Waals surface area contributed by atoms with E-state index in [1.54, 1.807) is 31.5 Å². The van der Waals surface area contributed by atoms with Gasteiger partial charge in [0.1, 0.15) is 0 Å². The molecule has 1 aromatic heterocycles. The van der Waals surface area contributed by atoms with Gasteiger partial charge >= 0.3 is 5.97 Å². The van der Waals surface area contributed by atoms with Crippen molar-refractivity contribution in [3.05, 3.63) is 24.5 Å². The highest BCUT2D eigenvalue weighted by Gasteiger charge is 2.08. The topological polar surface area (TPSA) is 63.6 Å². The zero-order valence-electron chi connectivity index (χ0n) is 8.11. The van der Waals surface area contributed by atoms with Crippen molar-refractivity contribution in [1.82, 2.24) is 4.98 Å². The molecular formula is C9H10ClN3O2. The molecule has 1 N–H and O–H groups in total. The largest absolute Gasteiger partial charge is 0.461 e. The van der Waals surface area contributed by atoms with Gasteiger partial charge < -0.3 is 4.74 Å². The van der Waals surface area contributed by atoms with Crippen LogP contribution in [0.15, 0.2) is 29.6 Å². The number of hydrogen-bond donors (Lipinski definition) is 1. The summed E-state index contributed by atoms with van der Waals surface area (Å²) in [6.07, 6.45) is 3.18. The molecule has 0 radical (unpaired) electrons. The van der Waals surface area contributed by atoms with Crippen LogP contribution in [0.2, 0.25) is 0 Å². The Morgan fingerprint density at radius 1 is 1.73 bits per heavy atom. The number of nitrogens with zero attached hydrogens (tertiary/aromatic N) is 2. The molecule has 1 rings (SSSR count). The van der Waals surface area contributed by atoms with Gasteiger partial charge in [0.05, 0.1) is 18.5 Å². The van der Waals surface area contributed by atoms with Gasteiger partial charge in [-0.2, -0.15) is 5.10 Å². The summed E-state index contributed by atoms with van der Waals surface area (Å²) in [5, 5.41) is 3.38. The highest BCUT2D eigenvalue weighted by Crippen LogP contribution is 2.03. The monoisotopic (exact) mass is 227 g/mol. The van der Waals surface area contributed by atoms with Gasteiger partial charge in [0, 0.05) is 6.20 Å². The van der Waals surface area contributed by atoms with Crippen LogP contribution >= 0.6 is 11.6 Å². The molecule has 0 saturated carbocycles. The summed E-state index contributed by atoms with van der Waals surface area (Å²) in [7, 11) is 0. The Labute approximate surface area is 92.1 Å². The molecule has 0 unspecified atom stereocenters. The lowest BCUT2D eigenvalue weighted by atomic mass is 10.4. The summed E-state index contributed by atoms with van der Waals surface area (Å²) in [6.45, 7) is 1.95. The molecule has 0 aliphatic rings. The fourth-order valence-electron chi connectivity index (χ4n) is 0.779. The van der Waals surface area contributed by atoms with Gasteiger partial charge in [-0.3, -0.25) is 10.4 Å². The summed E-state index contributed by atoms with van der Waals surface area (Å²) in [4.78, 5) is 14.9. The Balaban J connectivity index is 2.54. The minimum atomic E-state index is -0.657. The fraction of sp³-hybridized carbons (Fsp3) is 0.222. The Kier molecular flexibility index (Phi) is 4.56. The Bertz CT molecular complexity index is 354. The normalized spacial score (nSPS) is 10.9. The predicted molar refractivity (Wildman–Crippen MR) is 57.8 cm³/mol. The maximum absolute atomic E-state index is 11.0. The van der Waals surface area contributed by atoms with Crippen molar-refractivity contribution < 1.29 is 9.53 Å². The van der Waals surface area contributed by atoms with Gasteiger partial charge in [-0.25, -0.2) is 4.79 Å². The van der Waals surface area contributed by atoms with Crippen molar-refractivity contribution in [2.75, 3.05) is 12.0 Å². The van der Waals surface area contributed by atoms with Crippen molar-refractivity contribution in [3.8, 4) is 0 Å². The van der Waals surface area contributed by atoms with Crippen molar-refractivity contribution >= 4 is 28.4 Å². The van der Waals surface area contributed by atoms with Crippen LogP contribution in [0.3, 0.4) is 0 Å². The molecule has 5 nitrogen and oxygen atoms in total. The molecule has 0 amide bonds. The number of carbonyl (C=O) groups is 1. The van der Waals surface area contributed by atoms with E-state index in [4.69, 9.17) is 11.6 Å². The van der Waals surface area contributed by atoms with Crippen molar-refractivity contribution in [2.24, 2.45) is 5.10 Å². The van der Waals surface area contributed by atoms with Crippen LogP contribution in [0.1, 0.15) is 6.92 Å². The third kappa shape index (κ3) is 3.95. The van der Waals surface area contributed by atoms with E-state index in [2.05, 4.69) is 20.2 Å². The van der Waals surface area contributed by atoms with Crippen LogP contribution in [0.4, 0.5) is 5.69 Å². The fourth-order valence-corrected chi connectivity index (χ4v) is 0.876. The van der Waals surface area contributed by atoms with Crippen LogP contribution in [0, 0.1) is 0 Å². The standard InChI is InChI=1S/C9H10ClN3O2/c1-2-15-9(14)8(10)13-12-7-4-3-5-11-6-7/h3-6,12H,2H2,1H3/b13-8-. The Morgan fingerprint density at radius 2 is 2.53 bits per heavy atom. The average Bonchev–Trinajstić information content (AvgIpc) is 2.27. The maximum atomic E-state index is 11.0. The molecule has 15 heavy (non-hydrogen) atoms. The summed E-state index contributed by atoms with van der Waals surface area (Å²) in [5.41, 5.74) is 3.22. The lowest BCUT2D eigenvalue weighted by molar-refractivity contribution is -0.134. The van der Waals surface area contributed by atoms with Gasteiger partial charge in [-0.15, -0.1) is 0 Å². The first-order valence-corrected chi connectivity index (χ1v) is 4.68. The van der Waals surface area contributed by atoms with E-state index in [9.17, 15) is 4.79 Å².